The summed E-state index contributed by atoms with van der Waals surface area (Å²) in [6, 6.07) is 9.41. The number of benzene rings is 1. The highest BCUT2D eigenvalue weighted by Gasteiger charge is 2.17. The molecule has 0 aliphatic heterocycles. The molecule has 7 heteroatoms. The molecule has 0 radical (unpaired) electrons. The van der Waals surface area contributed by atoms with Crippen molar-refractivity contribution < 1.29 is 9.21 Å². The highest BCUT2D eigenvalue weighted by Crippen LogP contribution is 2.31. The molecule has 1 aromatic carbocycles. The topological polar surface area (TPSA) is 68.0 Å². The highest BCUT2D eigenvalue weighted by molar-refractivity contribution is 7.22. The first-order valence-corrected chi connectivity index (χ1v) is 8.99. The lowest BCUT2D eigenvalue weighted by atomic mass is 10.2. The molecule has 1 N–H and O–H groups in total. The molecule has 0 fully saturated rings. The molecule has 0 bridgehead atoms. The summed E-state index contributed by atoms with van der Waals surface area (Å²) in [5.74, 6) is 0.441. The second-order valence-electron chi connectivity index (χ2n) is 5.28. The van der Waals surface area contributed by atoms with Crippen molar-refractivity contribution in [1.29, 1.82) is 0 Å². The van der Waals surface area contributed by atoms with Gasteiger partial charge in [0.25, 0.3) is 5.91 Å². The van der Waals surface area contributed by atoms with Crippen LogP contribution in [0.4, 0.5) is 5.69 Å². The van der Waals surface area contributed by atoms with Crippen molar-refractivity contribution in [2.75, 3.05) is 5.32 Å². The molecular formula is C17H13N3O2S2. The van der Waals surface area contributed by atoms with Crippen molar-refractivity contribution in [2.45, 2.75) is 13.8 Å². The number of aryl methyl sites for hydroxylation is 2. The lowest BCUT2D eigenvalue weighted by Gasteiger charge is -2.03. The van der Waals surface area contributed by atoms with Crippen molar-refractivity contribution >= 4 is 45.4 Å². The van der Waals surface area contributed by atoms with Crippen LogP contribution in [0.3, 0.4) is 0 Å². The summed E-state index contributed by atoms with van der Waals surface area (Å²) in [7, 11) is 0. The first-order chi connectivity index (χ1) is 11.6. The summed E-state index contributed by atoms with van der Waals surface area (Å²) in [5, 5.41) is 5.78. The Morgan fingerprint density at radius 2 is 2.08 bits per heavy atom. The van der Waals surface area contributed by atoms with E-state index in [9.17, 15) is 4.79 Å². The predicted molar refractivity (Wildman–Crippen MR) is 96.9 cm³/mol. The summed E-state index contributed by atoms with van der Waals surface area (Å²) >= 11 is 3.02. The first-order valence-electron chi connectivity index (χ1n) is 7.30. The lowest BCUT2D eigenvalue weighted by Crippen LogP contribution is -2.11. The number of carbonyl (C=O) groups is 1. The number of aromatic nitrogens is 2. The molecule has 5 nitrogen and oxygen atoms in total. The minimum Gasteiger partial charge on any atom is -0.441 e. The number of nitrogens with zero attached hydrogens (tertiary/aromatic N) is 2. The maximum atomic E-state index is 12.6. The van der Waals surface area contributed by atoms with Crippen molar-refractivity contribution in [3.05, 3.63) is 52.2 Å². The van der Waals surface area contributed by atoms with Crippen LogP contribution in [0.2, 0.25) is 0 Å². The van der Waals surface area contributed by atoms with E-state index >= 15 is 0 Å². The standard InChI is InChI=1S/C17H13N3O2S2/c1-9-15(24-17(18-9)14-4-3-7-23-14)16(21)20-11-5-6-12-13(8-11)22-10(2)19-12/h3-8H,1-2H3,(H,20,21). The minimum absolute atomic E-state index is 0.164. The third kappa shape index (κ3) is 2.72. The first kappa shape index (κ1) is 15.0. The Kier molecular flexibility index (Phi) is 3.66. The van der Waals surface area contributed by atoms with Crippen LogP contribution in [0.15, 0.2) is 40.1 Å². The third-order valence-electron chi connectivity index (χ3n) is 3.49. The Morgan fingerprint density at radius 3 is 2.88 bits per heavy atom. The highest BCUT2D eigenvalue weighted by atomic mass is 32.1. The van der Waals surface area contributed by atoms with Gasteiger partial charge >= 0.3 is 0 Å². The summed E-state index contributed by atoms with van der Waals surface area (Å²) < 4.78 is 5.50. The van der Waals surface area contributed by atoms with Gasteiger partial charge in [0.1, 0.15) is 15.4 Å². The summed E-state index contributed by atoms with van der Waals surface area (Å²) in [6.45, 7) is 3.65. The predicted octanol–water partition coefficient (Wildman–Crippen LogP) is 4.88. The molecule has 0 atom stereocenters. The van der Waals surface area contributed by atoms with Gasteiger partial charge in [-0.3, -0.25) is 4.79 Å². The second kappa shape index (κ2) is 5.85. The second-order valence-corrected chi connectivity index (χ2v) is 7.23. The van der Waals surface area contributed by atoms with Crippen LogP contribution in [0.5, 0.6) is 0 Å². The minimum atomic E-state index is -0.164. The van der Waals surface area contributed by atoms with Crippen LogP contribution in [0.25, 0.3) is 21.0 Å². The molecule has 0 aliphatic rings. The summed E-state index contributed by atoms with van der Waals surface area (Å²) in [4.78, 5) is 23.0. The van der Waals surface area contributed by atoms with E-state index in [1.165, 1.54) is 11.3 Å². The van der Waals surface area contributed by atoms with Gasteiger partial charge in [-0.05, 0) is 30.5 Å². The van der Waals surface area contributed by atoms with Gasteiger partial charge in [-0.2, -0.15) is 0 Å². The Morgan fingerprint density at radius 1 is 1.21 bits per heavy atom. The average Bonchev–Trinajstić information content (AvgIpc) is 3.24. The number of amides is 1. The number of thiophene rings is 1. The van der Waals surface area contributed by atoms with Crippen molar-refractivity contribution in [1.82, 2.24) is 9.97 Å². The fourth-order valence-electron chi connectivity index (χ4n) is 2.42. The molecule has 24 heavy (non-hydrogen) atoms. The number of carbonyl (C=O) groups excluding carboxylic acids is 1. The molecular weight excluding hydrogens is 342 g/mol. The molecule has 4 aromatic rings. The van der Waals surface area contributed by atoms with Crippen LogP contribution in [0, 0.1) is 13.8 Å². The zero-order valence-electron chi connectivity index (χ0n) is 13.0. The number of hydrogen-bond donors (Lipinski definition) is 1. The molecule has 3 heterocycles. The fraction of sp³-hybridized carbons (Fsp3) is 0.118. The van der Waals surface area contributed by atoms with E-state index in [-0.39, 0.29) is 5.91 Å². The van der Waals surface area contributed by atoms with Gasteiger partial charge in [0.05, 0.1) is 10.6 Å². The van der Waals surface area contributed by atoms with Gasteiger partial charge in [0.2, 0.25) is 0 Å². The summed E-state index contributed by atoms with van der Waals surface area (Å²) in [5.41, 5.74) is 2.84. The quantitative estimate of drug-likeness (QED) is 0.568. The van der Waals surface area contributed by atoms with Crippen LogP contribution in [-0.4, -0.2) is 15.9 Å². The van der Waals surface area contributed by atoms with E-state index in [0.717, 1.165) is 21.1 Å². The van der Waals surface area contributed by atoms with E-state index in [0.29, 0.717) is 22.0 Å². The molecule has 3 aromatic heterocycles. The molecule has 0 spiro atoms. The average molecular weight is 355 g/mol. The molecule has 0 aliphatic carbocycles. The molecule has 0 saturated heterocycles. The molecule has 4 rings (SSSR count). The van der Waals surface area contributed by atoms with E-state index in [2.05, 4.69) is 15.3 Å². The van der Waals surface area contributed by atoms with E-state index in [1.54, 1.807) is 24.3 Å². The molecule has 1 amide bonds. The zero-order valence-corrected chi connectivity index (χ0v) is 14.6. The van der Waals surface area contributed by atoms with Crippen molar-refractivity contribution in [3.8, 4) is 9.88 Å². The Bertz CT molecular complexity index is 1030. The van der Waals surface area contributed by atoms with Gasteiger partial charge in [-0.1, -0.05) is 6.07 Å². The van der Waals surface area contributed by atoms with Crippen molar-refractivity contribution in [2.24, 2.45) is 0 Å². The Hall–Kier alpha value is -2.51. The smallest absolute Gasteiger partial charge is 0.267 e. The van der Waals surface area contributed by atoms with E-state index < -0.39 is 0 Å². The van der Waals surface area contributed by atoms with Crippen molar-refractivity contribution in [3.63, 3.8) is 0 Å². The van der Waals surface area contributed by atoms with Crippen LogP contribution in [0.1, 0.15) is 21.3 Å². The van der Waals surface area contributed by atoms with Crippen LogP contribution in [-0.2, 0) is 0 Å². The van der Waals surface area contributed by atoms with Crippen LogP contribution >= 0.6 is 22.7 Å². The van der Waals surface area contributed by atoms with Crippen LogP contribution < -0.4 is 5.32 Å². The Balaban J connectivity index is 1.61. The number of nitrogens with one attached hydrogen (secondary N) is 1. The lowest BCUT2D eigenvalue weighted by molar-refractivity contribution is 0.103. The maximum absolute atomic E-state index is 12.6. The number of anilines is 1. The molecule has 0 unspecified atom stereocenters. The van der Waals surface area contributed by atoms with Gasteiger partial charge < -0.3 is 9.73 Å². The number of oxazole rings is 1. The SMILES string of the molecule is Cc1nc2ccc(NC(=O)c3sc(-c4cccs4)nc3C)cc2o1. The largest absolute Gasteiger partial charge is 0.441 e. The normalized spacial score (nSPS) is 11.1. The molecule has 120 valence electrons. The maximum Gasteiger partial charge on any atom is 0.267 e. The number of rotatable bonds is 3. The monoisotopic (exact) mass is 355 g/mol. The van der Waals surface area contributed by atoms with E-state index in [1.807, 2.05) is 36.6 Å². The number of hydrogen-bond acceptors (Lipinski definition) is 6. The van der Waals surface area contributed by atoms with Gasteiger partial charge in [0, 0.05) is 18.7 Å². The number of fused-ring (bicyclic) bond motifs is 1. The van der Waals surface area contributed by atoms with Gasteiger partial charge in [-0.15, -0.1) is 22.7 Å². The Labute approximate surface area is 146 Å². The summed E-state index contributed by atoms with van der Waals surface area (Å²) in [6.07, 6.45) is 0. The molecule has 0 saturated carbocycles. The van der Waals surface area contributed by atoms with E-state index in [4.69, 9.17) is 4.42 Å². The fourth-order valence-corrected chi connectivity index (χ4v) is 4.18. The zero-order chi connectivity index (χ0) is 16.7. The van der Waals surface area contributed by atoms with Gasteiger partial charge in [-0.25, -0.2) is 9.97 Å². The number of thiazole rings is 1. The van der Waals surface area contributed by atoms with Gasteiger partial charge in [0.15, 0.2) is 11.5 Å². The third-order valence-corrected chi connectivity index (χ3v) is 5.68.